The van der Waals surface area contributed by atoms with E-state index in [9.17, 15) is 9.90 Å². The number of nitrogens with zero attached hydrogens (tertiary/aromatic N) is 4. The summed E-state index contributed by atoms with van der Waals surface area (Å²) in [6, 6.07) is 9.15. The lowest BCUT2D eigenvalue weighted by atomic mass is 9.97. The molecule has 1 saturated heterocycles. The fourth-order valence-electron chi connectivity index (χ4n) is 4.37. The third kappa shape index (κ3) is 5.75. The lowest BCUT2D eigenvalue weighted by Gasteiger charge is -2.45. The molecule has 3 heterocycles. The Bertz CT molecular complexity index is 1190. The third-order valence-corrected chi connectivity index (χ3v) is 6.50. The largest absolute Gasteiger partial charge is 0.493 e. The molecular formula is C25H31ClN4O5. The van der Waals surface area contributed by atoms with Gasteiger partial charge < -0.3 is 24.2 Å². The molecule has 4 rings (SSSR count). The van der Waals surface area contributed by atoms with Crippen molar-refractivity contribution in [1.82, 2.24) is 19.5 Å². The first kappa shape index (κ1) is 25.4. The average molecular weight is 503 g/mol. The molecule has 0 radical (unpaired) electrons. The molecule has 188 valence electrons. The number of morpholine rings is 1. The molecule has 10 heteroatoms. The minimum Gasteiger partial charge on any atom is -0.493 e. The van der Waals surface area contributed by atoms with Gasteiger partial charge in [-0.25, -0.2) is 9.50 Å². The van der Waals surface area contributed by atoms with Gasteiger partial charge in [-0.1, -0.05) is 23.7 Å². The van der Waals surface area contributed by atoms with Crippen LogP contribution in [0.3, 0.4) is 0 Å². The maximum absolute atomic E-state index is 13.7. The number of hydrogen-bond donors (Lipinski definition) is 1. The van der Waals surface area contributed by atoms with Crippen LogP contribution < -0.4 is 4.74 Å². The number of fused-ring (bicyclic) bond motifs is 1. The maximum atomic E-state index is 13.7. The summed E-state index contributed by atoms with van der Waals surface area (Å²) in [5, 5.41) is 14.8. The van der Waals surface area contributed by atoms with Crippen molar-refractivity contribution in [3.05, 3.63) is 58.5 Å². The minimum absolute atomic E-state index is 0.0236. The lowest BCUT2D eigenvalue weighted by Crippen LogP contribution is -2.58. The van der Waals surface area contributed by atoms with E-state index in [1.807, 2.05) is 31.2 Å². The second kappa shape index (κ2) is 10.9. The van der Waals surface area contributed by atoms with Crippen LogP contribution in [0.2, 0.25) is 5.02 Å². The number of carbonyl (C=O) groups is 1. The van der Waals surface area contributed by atoms with E-state index in [0.717, 1.165) is 12.0 Å². The second-order valence-electron chi connectivity index (χ2n) is 9.00. The number of aliphatic hydroxyl groups is 1. The summed E-state index contributed by atoms with van der Waals surface area (Å²) in [5.41, 5.74) is 1.44. The van der Waals surface area contributed by atoms with Crippen molar-refractivity contribution in [2.75, 3.05) is 40.6 Å². The third-order valence-electron chi connectivity index (χ3n) is 6.27. The van der Waals surface area contributed by atoms with Gasteiger partial charge in [0.1, 0.15) is 0 Å². The van der Waals surface area contributed by atoms with Crippen LogP contribution in [0.5, 0.6) is 5.75 Å². The van der Waals surface area contributed by atoms with E-state index in [4.69, 9.17) is 25.8 Å². The standard InChI is InChI=1S/C25H31ClN4O5/c1-25(9-10-31)16-29(20(14-33-2)15-35-25)24(32)18-12-21(34-3)23-27-22(28-30(23)13-18)8-7-17-5-4-6-19(26)11-17/h4-6,11-13,20,31H,7-10,14-16H2,1-3H3. The SMILES string of the molecule is COCC1COC(C)(CCO)CN1C(=O)c1cc(OC)c2nc(CCc3cccc(Cl)c3)nn2c1. The average Bonchev–Trinajstić information content (AvgIpc) is 3.26. The van der Waals surface area contributed by atoms with Crippen molar-refractivity contribution in [1.29, 1.82) is 0 Å². The smallest absolute Gasteiger partial charge is 0.256 e. The predicted molar refractivity (Wildman–Crippen MR) is 131 cm³/mol. The summed E-state index contributed by atoms with van der Waals surface area (Å²) in [6.45, 7) is 2.89. The summed E-state index contributed by atoms with van der Waals surface area (Å²) in [5.74, 6) is 0.926. The van der Waals surface area contributed by atoms with Crippen molar-refractivity contribution >= 4 is 23.2 Å². The van der Waals surface area contributed by atoms with Crippen molar-refractivity contribution in [3.63, 3.8) is 0 Å². The van der Waals surface area contributed by atoms with E-state index in [0.29, 0.717) is 60.4 Å². The second-order valence-corrected chi connectivity index (χ2v) is 9.44. The molecule has 2 aromatic heterocycles. The van der Waals surface area contributed by atoms with Crippen LogP contribution in [-0.4, -0.2) is 82.7 Å². The number of methoxy groups -OCH3 is 2. The molecule has 0 saturated carbocycles. The molecule has 1 amide bonds. The van der Waals surface area contributed by atoms with Gasteiger partial charge in [0.05, 0.1) is 44.1 Å². The summed E-state index contributed by atoms with van der Waals surface area (Å²) < 4.78 is 18.5. The van der Waals surface area contributed by atoms with Crippen molar-refractivity contribution in [2.45, 2.75) is 37.8 Å². The predicted octanol–water partition coefficient (Wildman–Crippen LogP) is 2.81. The Balaban J connectivity index is 1.60. The first-order chi connectivity index (χ1) is 16.9. The Labute approximate surface area is 209 Å². The number of aromatic nitrogens is 3. The quantitative estimate of drug-likeness (QED) is 0.480. The number of benzene rings is 1. The zero-order chi connectivity index (χ0) is 25.0. The van der Waals surface area contributed by atoms with Gasteiger partial charge in [-0.05, 0) is 37.1 Å². The molecule has 2 atom stereocenters. The molecule has 0 aliphatic carbocycles. The first-order valence-corrected chi connectivity index (χ1v) is 12.0. The highest BCUT2D eigenvalue weighted by molar-refractivity contribution is 6.30. The van der Waals surface area contributed by atoms with Gasteiger partial charge in [0.15, 0.2) is 17.2 Å². The Morgan fingerprint density at radius 1 is 1.31 bits per heavy atom. The fraction of sp³-hybridized carbons (Fsp3) is 0.480. The van der Waals surface area contributed by atoms with Crippen LogP contribution in [-0.2, 0) is 22.3 Å². The molecule has 1 aliphatic heterocycles. The number of pyridine rings is 1. The molecule has 1 aliphatic rings. The fourth-order valence-corrected chi connectivity index (χ4v) is 4.58. The number of amides is 1. The molecule has 1 fully saturated rings. The number of halogens is 1. The number of aliphatic hydroxyl groups excluding tert-OH is 1. The van der Waals surface area contributed by atoms with Gasteiger partial charge in [0.25, 0.3) is 5.91 Å². The minimum atomic E-state index is -0.635. The van der Waals surface area contributed by atoms with E-state index >= 15 is 0 Å². The molecule has 0 bridgehead atoms. The van der Waals surface area contributed by atoms with Crippen LogP contribution in [0.15, 0.2) is 36.5 Å². The normalized spacial score (nSPS) is 20.4. The van der Waals surface area contributed by atoms with Crippen LogP contribution in [0, 0.1) is 0 Å². The van der Waals surface area contributed by atoms with E-state index in [-0.39, 0.29) is 18.6 Å². The number of carbonyl (C=O) groups excluding carboxylic acids is 1. The van der Waals surface area contributed by atoms with Crippen LogP contribution >= 0.6 is 11.6 Å². The van der Waals surface area contributed by atoms with Crippen molar-refractivity contribution in [2.24, 2.45) is 0 Å². The van der Waals surface area contributed by atoms with Gasteiger partial charge in [-0.15, -0.1) is 0 Å². The number of ether oxygens (including phenoxy) is 3. The van der Waals surface area contributed by atoms with Gasteiger partial charge in [-0.2, -0.15) is 5.10 Å². The highest BCUT2D eigenvalue weighted by Crippen LogP contribution is 2.28. The maximum Gasteiger partial charge on any atom is 0.256 e. The highest BCUT2D eigenvalue weighted by atomic mass is 35.5. The first-order valence-electron chi connectivity index (χ1n) is 11.6. The Morgan fingerprint density at radius 3 is 2.86 bits per heavy atom. The number of aryl methyl sites for hydroxylation is 2. The lowest BCUT2D eigenvalue weighted by molar-refractivity contribution is -0.130. The molecule has 1 aromatic carbocycles. The molecule has 2 unspecified atom stereocenters. The Morgan fingerprint density at radius 2 is 2.14 bits per heavy atom. The Kier molecular flexibility index (Phi) is 7.91. The van der Waals surface area contributed by atoms with Crippen LogP contribution in [0.25, 0.3) is 5.65 Å². The number of hydrogen-bond acceptors (Lipinski definition) is 7. The zero-order valence-corrected chi connectivity index (χ0v) is 21.0. The summed E-state index contributed by atoms with van der Waals surface area (Å²) in [7, 11) is 3.14. The zero-order valence-electron chi connectivity index (χ0n) is 20.2. The van der Waals surface area contributed by atoms with E-state index in [2.05, 4.69) is 10.1 Å². The number of rotatable bonds is 9. The van der Waals surface area contributed by atoms with Crippen molar-refractivity contribution in [3.8, 4) is 5.75 Å². The molecule has 1 N–H and O–H groups in total. The molecular weight excluding hydrogens is 472 g/mol. The van der Waals surface area contributed by atoms with Gasteiger partial charge >= 0.3 is 0 Å². The van der Waals surface area contributed by atoms with E-state index in [1.54, 1.807) is 35.9 Å². The molecule has 9 nitrogen and oxygen atoms in total. The summed E-state index contributed by atoms with van der Waals surface area (Å²) >= 11 is 6.09. The van der Waals surface area contributed by atoms with Gasteiger partial charge in [0.2, 0.25) is 0 Å². The molecule has 0 spiro atoms. The molecule has 3 aromatic rings. The van der Waals surface area contributed by atoms with E-state index in [1.165, 1.54) is 0 Å². The molecule has 35 heavy (non-hydrogen) atoms. The van der Waals surface area contributed by atoms with Gasteiger partial charge in [-0.3, -0.25) is 4.79 Å². The summed E-state index contributed by atoms with van der Waals surface area (Å²) in [6.07, 6.45) is 3.46. The Hall–Kier alpha value is -2.72. The van der Waals surface area contributed by atoms with Gasteiger partial charge in [0, 0.05) is 37.8 Å². The highest BCUT2D eigenvalue weighted by Gasteiger charge is 2.39. The van der Waals surface area contributed by atoms with Crippen LogP contribution in [0.1, 0.15) is 35.1 Å². The summed E-state index contributed by atoms with van der Waals surface area (Å²) in [4.78, 5) is 20.0. The monoisotopic (exact) mass is 502 g/mol. The van der Waals surface area contributed by atoms with E-state index < -0.39 is 5.60 Å². The topological polar surface area (TPSA) is 98.4 Å². The van der Waals surface area contributed by atoms with Crippen LogP contribution in [0.4, 0.5) is 0 Å². The van der Waals surface area contributed by atoms with Crippen molar-refractivity contribution < 1.29 is 24.1 Å².